The summed E-state index contributed by atoms with van der Waals surface area (Å²) < 4.78 is 1.20. The molecule has 0 saturated heterocycles. The first-order chi connectivity index (χ1) is 10.3. The Hall–Kier alpha value is -2.71. The second kappa shape index (κ2) is 5.73. The molecule has 0 fully saturated rings. The highest BCUT2D eigenvalue weighted by molar-refractivity contribution is 7.21. The summed E-state index contributed by atoms with van der Waals surface area (Å²) in [4.78, 5) is 4.65. The molecule has 1 aromatic heterocycles. The monoisotopic (exact) mass is 292 g/mol. The average molecular weight is 292 g/mol. The van der Waals surface area contributed by atoms with Crippen LogP contribution >= 0.6 is 11.3 Å². The van der Waals surface area contributed by atoms with Gasteiger partial charge in [0.15, 0.2) is 0 Å². The second-order valence-corrected chi connectivity index (χ2v) is 5.60. The van der Waals surface area contributed by atoms with E-state index in [0.29, 0.717) is 0 Å². The first kappa shape index (κ1) is 13.3. The fourth-order valence-corrected chi connectivity index (χ4v) is 3.05. The molecule has 102 valence electrons. The molecule has 0 aliphatic rings. The number of aromatic nitrogens is 1. The number of hydrazone groups is 1. The molecule has 0 atom stereocenters. The van der Waals surface area contributed by atoms with Crippen LogP contribution in [0.25, 0.3) is 20.8 Å². The van der Waals surface area contributed by atoms with Gasteiger partial charge in [-0.3, -0.25) is 5.43 Å². The number of nitrogens with zero attached hydrogens (tertiary/aromatic N) is 3. The van der Waals surface area contributed by atoms with Crippen molar-refractivity contribution in [2.75, 3.05) is 5.43 Å². The van der Waals surface area contributed by atoms with Gasteiger partial charge >= 0.3 is 0 Å². The molecule has 0 aliphatic heterocycles. The lowest BCUT2D eigenvalue weighted by Crippen LogP contribution is -1.87. The number of hydrogen-bond donors (Lipinski definition) is 1. The predicted octanol–water partition coefficient (Wildman–Crippen LogP) is 4.19. The number of anilines is 1. The third kappa shape index (κ3) is 2.91. The van der Waals surface area contributed by atoms with Crippen LogP contribution in [0.2, 0.25) is 0 Å². The minimum atomic E-state index is 0.835. The van der Waals surface area contributed by atoms with E-state index in [9.17, 15) is 0 Å². The number of aryl methyl sites for hydroxylation is 1. The molecule has 0 aliphatic carbocycles. The molecule has 1 N–H and O–H groups in total. The molecular weight excluding hydrogens is 280 g/mol. The molecule has 2 aromatic carbocycles. The second-order valence-electron chi connectivity index (χ2n) is 4.57. The number of nitrogens with one attached hydrogen (secondary N) is 1. The summed E-state index contributed by atoms with van der Waals surface area (Å²) >= 11 is 1.69. The zero-order valence-electron chi connectivity index (χ0n) is 11.4. The Labute approximate surface area is 126 Å². The van der Waals surface area contributed by atoms with E-state index in [1.807, 2.05) is 30.3 Å². The van der Waals surface area contributed by atoms with E-state index >= 15 is 0 Å². The van der Waals surface area contributed by atoms with Crippen molar-refractivity contribution < 1.29 is 0 Å². The van der Waals surface area contributed by atoms with Crippen molar-refractivity contribution in [1.29, 1.82) is 5.26 Å². The molecule has 4 nitrogen and oxygen atoms in total. The van der Waals surface area contributed by atoms with E-state index in [4.69, 9.17) is 5.26 Å². The van der Waals surface area contributed by atoms with Gasteiger partial charge in [0.25, 0.3) is 0 Å². The average Bonchev–Trinajstić information content (AvgIpc) is 2.91. The summed E-state index contributed by atoms with van der Waals surface area (Å²) in [6.07, 6.45) is 1.16. The zero-order valence-corrected chi connectivity index (χ0v) is 12.2. The fourth-order valence-electron chi connectivity index (χ4n) is 1.98. The molecule has 0 radical (unpaired) electrons. The van der Waals surface area contributed by atoms with Crippen LogP contribution in [-0.2, 0) is 0 Å². The number of hydrogen-bond acceptors (Lipinski definition) is 5. The Morgan fingerprint density at radius 3 is 2.81 bits per heavy atom. The van der Waals surface area contributed by atoms with Gasteiger partial charge in [-0.05, 0) is 48.9 Å². The van der Waals surface area contributed by atoms with Crippen LogP contribution in [0.4, 0.5) is 5.69 Å². The van der Waals surface area contributed by atoms with Crippen molar-refractivity contribution >= 4 is 33.5 Å². The van der Waals surface area contributed by atoms with E-state index < -0.39 is 0 Å². The Morgan fingerprint density at radius 1 is 1.24 bits per heavy atom. The van der Waals surface area contributed by atoms with Crippen LogP contribution in [-0.4, -0.2) is 11.2 Å². The van der Waals surface area contributed by atoms with Crippen LogP contribution in [0.3, 0.4) is 0 Å². The molecule has 3 aromatic rings. The quantitative estimate of drug-likeness (QED) is 0.581. The van der Waals surface area contributed by atoms with Crippen molar-refractivity contribution in [1.82, 2.24) is 4.98 Å². The summed E-state index contributed by atoms with van der Waals surface area (Å²) in [5.41, 5.74) is 6.97. The van der Waals surface area contributed by atoms with E-state index in [2.05, 4.69) is 40.6 Å². The number of thiazole rings is 1. The van der Waals surface area contributed by atoms with Gasteiger partial charge in [0.1, 0.15) is 17.3 Å². The van der Waals surface area contributed by atoms with Gasteiger partial charge in [-0.15, -0.1) is 11.3 Å². The van der Waals surface area contributed by atoms with Crippen LogP contribution < -0.4 is 5.43 Å². The van der Waals surface area contributed by atoms with Crippen molar-refractivity contribution in [2.24, 2.45) is 5.10 Å². The number of fused-ring (bicyclic) bond motifs is 1. The SMILES string of the molecule is Cc1ccc2nc(-c3ccc(NN=CC#N)cc3)sc2c1. The van der Waals surface area contributed by atoms with Crippen molar-refractivity contribution in [3.63, 3.8) is 0 Å². The Morgan fingerprint density at radius 2 is 2.05 bits per heavy atom. The molecule has 21 heavy (non-hydrogen) atoms. The fraction of sp³-hybridized carbons (Fsp3) is 0.0625. The molecule has 3 rings (SSSR count). The highest BCUT2D eigenvalue weighted by Gasteiger charge is 2.06. The number of benzene rings is 2. The summed E-state index contributed by atoms with van der Waals surface area (Å²) in [7, 11) is 0. The van der Waals surface area contributed by atoms with Gasteiger partial charge in [0.2, 0.25) is 0 Å². The molecular formula is C16H12N4S. The standard InChI is InChI=1S/C16H12N4S/c1-11-2-7-14-15(10-11)21-16(19-14)12-3-5-13(6-4-12)20-18-9-8-17/h2-7,9-10,20H,1H3. The number of nitriles is 1. The molecule has 0 unspecified atom stereocenters. The maximum absolute atomic E-state index is 8.38. The first-order valence-corrected chi connectivity index (χ1v) is 7.23. The van der Waals surface area contributed by atoms with Gasteiger partial charge < -0.3 is 0 Å². The van der Waals surface area contributed by atoms with E-state index in [-0.39, 0.29) is 0 Å². The van der Waals surface area contributed by atoms with Gasteiger partial charge in [-0.1, -0.05) is 6.07 Å². The smallest absolute Gasteiger partial charge is 0.124 e. The Kier molecular flexibility index (Phi) is 3.63. The minimum absolute atomic E-state index is 0.835. The highest BCUT2D eigenvalue weighted by Crippen LogP contribution is 2.31. The van der Waals surface area contributed by atoms with Gasteiger partial charge in [-0.25, -0.2) is 4.98 Å². The third-order valence-corrected chi connectivity index (χ3v) is 4.06. The van der Waals surface area contributed by atoms with Crippen LogP contribution in [0.15, 0.2) is 47.6 Å². The Balaban J connectivity index is 1.88. The van der Waals surface area contributed by atoms with Crippen molar-refractivity contribution in [3.8, 4) is 16.6 Å². The predicted molar refractivity (Wildman–Crippen MR) is 87.5 cm³/mol. The topological polar surface area (TPSA) is 61.1 Å². The lowest BCUT2D eigenvalue weighted by Gasteiger charge is -2.00. The molecule has 5 heteroatoms. The molecule has 0 bridgehead atoms. The normalized spacial score (nSPS) is 10.9. The lowest BCUT2D eigenvalue weighted by atomic mass is 10.2. The highest BCUT2D eigenvalue weighted by atomic mass is 32.1. The van der Waals surface area contributed by atoms with Crippen LogP contribution in [0.5, 0.6) is 0 Å². The Bertz CT molecular complexity index is 841. The molecule has 0 saturated carbocycles. The third-order valence-electron chi connectivity index (χ3n) is 2.99. The first-order valence-electron chi connectivity index (χ1n) is 6.41. The summed E-state index contributed by atoms with van der Waals surface area (Å²) in [5, 5.41) is 13.1. The summed E-state index contributed by atoms with van der Waals surface area (Å²) in [5.74, 6) is 0. The van der Waals surface area contributed by atoms with Crippen molar-refractivity contribution in [2.45, 2.75) is 6.92 Å². The maximum atomic E-state index is 8.38. The molecule has 0 amide bonds. The van der Waals surface area contributed by atoms with Gasteiger partial charge in [0, 0.05) is 5.56 Å². The van der Waals surface area contributed by atoms with Crippen molar-refractivity contribution in [3.05, 3.63) is 48.0 Å². The molecule has 1 heterocycles. The molecule has 0 spiro atoms. The van der Waals surface area contributed by atoms with Crippen LogP contribution in [0, 0.1) is 18.3 Å². The summed E-state index contributed by atoms with van der Waals surface area (Å²) in [6, 6.07) is 15.9. The van der Waals surface area contributed by atoms with Gasteiger partial charge in [0.05, 0.1) is 15.9 Å². The largest absolute Gasteiger partial charge is 0.278 e. The van der Waals surface area contributed by atoms with Crippen LogP contribution in [0.1, 0.15) is 5.56 Å². The van der Waals surface area contributed by atoms with E-state index in [1.54, 1.807) is 11.3 Å². The zero-order chi connectivity index (χ0) is 14.7. The van der Waals surface area contributed by atoms with E-state index in [1.165, 1.54) is 10.3 Å². The maximum Gasteiger partial charge on any atom is 0.124 e. The van der Waals surface area contributed by atoms with E-state index in [0.717, 1.165) is 28.0 Å². The number of rotatable bonds is 3. The summed E-state index contributed by atoms with van der Waals surface area (Å²) in [6.45, 7) is 2.08. The minimum Gasteiger partial charge on any atom is -0.278 e. The lowest BCUT2D eigenvalue weighted by molar-refractivity contribution is 1.35. The van der Waals surface area contributed by atoms with Gasteiger partial charge in [-0.2, -0.15) is 10.4 Å².